The molecule has 0 fully saturated rings. The second kappa shape index (κ2) is 6.48. The van der Waals surface area contributed by atoms with E-state index < -0.39 is 11.5 Å². The Balaban J connectivity index is 3.71. The topological polar surface area (TPSA) is 92.4 Å². The lowest BCUT2D eigenvalue weighted by Gasteiger charge is -2.18. The third-order valence-corrected chi connectivity index (χ3v) is 2.11. The Labute approximate surface area is 96.4 Å². The minimum Gasteiger partial charge on any atom is -0.481 e. The molecule has 0 heterocycles. The average molecular weight is 230 g/mol. The monoisotopic (exact) mass is 230 g/mol. The summed E-state index contributed by atoms with van der Waals surface area (Å²) in [4.78, 5) is 21.7. The summed E-state index contributed by atoms with van der Waals surface area (Å²) in [6.07, 6.45) is 0.986. The van der Waals surface area contributed by atoms with Crippen molar-refractivity contribution in [1.29, 1.82) is 0 Å². The standard InChI is InChI=1S/C11H22N2O3/c1-8(4-5-10(15)16)7-13-9(14)6-11(2,3)12/h8H,4-7,12H2,1-3H3,(H,13,14)(H,15,16). The normalized spacial score (nSPS) is 13.2. The number of carbonyl (C=O) groups excluding carboxylic acids is 1. The molecule has 0 aliphatic rings. The summed E-state index contributed by atoms with van der Waals surface area (Å²) in [5.41, 5.74) is 5.20. The van der Waals surface area contributed by atoms with Gasteiger partial charge in [-0.3, -0.25) is 9.59 Å². The molecule has 0 aromatic carbocycles. The van der Waals surface area contributed by atoms with Crippen LogP contribution in [-0.2, 0) is 9.59 Å². The van der Waals surface area contributed by atoms with E-state index in [4.69, 9.17) is 10.8 Å². The van der Waals surface area contributed by atoms with Gasteiger partial charge >= 0.3 is 5.97 Å². The van der Waals surface area contributed by atoms with Crippen LogP contribution in [0.5, 0.6) is 0 Å². The van der Waals surface area contributed by atoms with Gasteiger partial charge in [0, 0.05) is 24.9 Å². The maximum absolute atomic E-state index is 11.4. The molecule has 1 amide bonds. The minimum atomic E-state index is -0.804. The van der Waals surface area contributed by atoms with Crippen molar-refractivity contribution in [2.45, 2.75) is 45.6 Å². The number of nitrogens with two attached hydrogens (primary N) is 1. The molecule has 0 aromatic heterocycles. The van der Waals surface area contributed by atoms with Gasteiger partial charge < -0.3 is 16.2 Å². The number of aliphatic carboxylic acids is 1. The number of hydrogen-bond acceptors (Lipinski definition) is 3. The maximum atomic E-state index is 11.4. The van der Waals surface area contributed by atoms with Gasteiger partial charge in [0.25, 0.3) is 0 Å². The van der Waals surface area contributed by atoms with E-state index in [1.165, 1.54) is 0 Å². The molecule has 0 saturated carbocycles. The summed E-state index contributed by atoms with van der Waals surface area (Å²) in [7, 11) is 0. The van der Waals surface area contributed by atoms with Gasteiger partial charge in [-0.2, -0.15) is 0 Å². The summed E-state index contributed by atoms with van der Waals surface area (Å²) >= 11 is 0. The quantitative estimate of drug-likeness (QED) is 0.601. The van der Waals surface area contributed by atoms with Gasteiger partial charge in [0.2, 0.25) is 5.91 Å². The lowest BCUT2D eigenvalue weighted by atomic mass is 10.0. The Kier molecular flexibility index (Phi) is 6.03. The molecule has 4 N–H and O–H groups in total. The van der Waals surface area contributed by atoms with Crippen molar-refractivity contribution in [3.05, 3.63) is 0 Å². The SMILES string of the molecule is CC(CCC(=O)O)CNC(=O)CC(C)(C)N. The fourth-order valence-electron chi connectivity index (χ4n) is 1.24. The van der Waals surface area contributed by atoms with Gasteiger partial charge in [-0.1, -0.05) is 6.92 Å². The van der Waals surface area contributed by atoms with E-state index >= 15 is 0 Å². The first-order valence-electron chi connectivity index (χ1n) is 5.48. The van der Waals surface area contributed by atoms with Crippen molar-refractivity contribution in [1.82, 2.24) is 5.32 Å². The molecule has 0 aliphatic heterocycles. The summed E-state index contributed by atoms with van der Waals surface area (Å²) in [5, 5.41) is 11.2. The smallest absolute Gasteiger partial charge is 0.303 e. The van der Waals surface area contributed by atoms with Gasteiger partial charge in [0.15, 0.2) is 0 Å². The van der Waals surface area contributed by atoms with Crippen LogP contribution in [0.2, 0.25) is 0 Å². The van der Waals surface area contributed by atoms with E-state index in [0.29, 0.717) is 13.0 Å². The first kappa shape index (κ1) is 14.9. The molecule has 94 valence electrons. The second-order valence-electron chi connectivity index (χ2n) is 5.01. The Morgan fingerprint density at radius 2 is 2.00 bits per heavy atom. The van der Waals surface area contributed by atoms with Crippen molar-refractivity contribution in [3.63, 3.8) is 0 Å². The maximum Gasteiger partial charge on any atom is 0.303 e. The van der Waals surface area contributed by atoms with Gasteiger partial charge in [-0.25, -0.2) is 0 Å². The Hall–Kier alpha value is -1.10. The minimum absolute atomic E-state index is 0.0883. The average Bonchev–Trinajstić information content (AvgIpc) is 2.08. The molecule has 0 spiro atoms. The number of rotatable bonds is 7. The highest BCUT2D eigenvalue weighted by molar-refractivity contribution is 5.77. The van der Waals surface area contributed by atoms with Crippen molar-refractivity contribution < 1.29 is 14.7 Å². The Bertz CT molecular complexity index is 246. The summed E-state index contributed by atoms with van der Waals surface area (Å²) in [5.74, 6) is -0.725. The van der Waals surface area contributed by atoms with Crippen LogP contribution in [0.4, 0.5) is 0 Å². The molecular formula is C11H22N2O3. The van der Waals surface area contributed by atoms with Gasteiger partial charge in [0.1, 0.15) is 0 Å². The van der Waals surface area contributed by atoms with Crippen LogP contribution in [0.1, 0.15) is 40.0 Å². The second-order valence-corrected chi connectivity index (χ2v) is 5.01. The van der Waals surface area contributed by atoms with Crippen molar-refractivity contribution in [2.24, 2.45) is 11.7 Å². The van der Waals surface area contributed by atoms with Crippen LogP contribution < -0.4 is 11.1 Å². The van der Waals surface area contributed by atoms with Gasteiger partial charge in [0.05, 0.1) is 0 Å². The highest BCUT2D eigenvalue weighted by Crippen LogP contribution is 2.06. The molecular weight excluding hydrogens is 208 g/mol. The molecule has 0 radical (unpaired) electrons. The molecule has 16 heavy (non-hydrogen) atoms. The van der Waals surface area contributed by atoms with E-state index in [1.54, 1.807) is 13.8 Å². The number of nitrogens with one attached hydrogen (secondary N) is 1. The number of hydrogen-bond donors (Lipinski definition) is 3. The largest absolute Gasteiger partial charge is 0.481 e. The summed E-state index contributed by atoms with van der Waals surface area (Å²) in [6, 6.07) is 0. The third kappa shape index (κ3) is 9.45. The first-order chi connectivity index (χ1) is 7.20. The lowest BCUT2D eigenvalue weighted by Crippen LogP contribution is -2.40. The van der Waals surface area contributed by atoms with Crippen LogP contribution in [0, 0.1) is 5.92 Å². The van der Waals surface area contributed by atoms with E-state index in [0.717, 1.165) is 0 Å². The number of carbonyl (C=O) groups is 2. The van der Waals surface area contributed by atoms with Crippen LogP contribution in [-0.4, -0.2) is 29.1 Å². The first-order valence-corrected chi connectivity index (χ1v) is 5.48. The van der Waals surface area contributed by atoms with E-state index in [1.807, 2.05) is 6.92 Å². The molecule has 0 aliphatic carbocycles. The molecule has 1 atom stereocenters. The predicted octanol–water partition coefficient (Wildman–Crippen LogP) is 0.731. The molecule has 5 nitrogen and oxygen atoms in total. The van der Waals surface area contributed by atoms with E-state index in [-0.39, 0.29) is 24.7 Å². The van der Waals surface area contributed by atoms with Crippen LogP contribution in [0.15, 0.2) is 0 Å². The van der Waals surface area contributed by atoms with E-state index in [2.05, 4.69) is 5.32 Å². The van der Waals surface area contributed by atoms with Crippen LogP contribution in [0.25, 0.3) is 0 Å². The predicted molar refractivity (Wildman–Crippen MR) is 61.9 cm³/mol. The number of carboxylic acid groups (broad SMARTS) is 1. The summed E-state index contributed by atoms with van der Waals surface area (Å²) in [6.45, 7) is 6.00. The Morgan fingerprint density at radius 1 is 1.44 bits per heavy atom. The molecule has 5 heteroatoms. The molecule has 0 bridgehead atoms. The zero-order valence-electron chi connectivity index (χ0n) is 10.2. The van der Waals surface area contributed by atoms with E-state index in [9.17, 15) is 9.59 Å². The fourth-order valence-corrected chi connectivity index (χ4v) is 1.24. The van der Waals surface area contributed by atoms with Crippen LogP contribution in [0.3, 0.4) is 0 Å². The zero-order valence-corrected chi connectivity index (χ0v) is 10.2. The highest BCUT2D eigenvalue weighted by atomic mass is 16.4. The Morgan fingerprint density at radius 3 is 2.44 bits per heavy atom. The summed E-state index contributed by atoms with van der Waals surface area (Å²) < 4.78 is 0. The molecule has 0 rings (SSSR count). The fraction of sp³-hybridized carbons (Fsp3) is 0.818. The molecule has 0 aromatic rings. The van der Waals surface area contributed by atoms with Crippen molar-refractivity contribution >= 4 is 11.9 Å². The number of amides is 1. The zero-order chi connectivity index (χ0) is 12.8. The highest BCUT2D eigenvalue weighted by Gasteiger charge is 2.16. The van der Waals surface area contributed by atoms with Gasteiger partial charge in [-0.15, -0.1) is 0 Å². The molecule has 0 saturated heterocycles. The number of carboxylic acids is 1. The molecule has 1 unspecified atom stereocenters. The van der Waals surface area contributed by atoms with Crippen LogP contribution >= 0.6 is 0 Å². The third-order valence-electron chi connectivity index (χ3n) is 2.11. The van der Waals surface area contributed by atoms with Crippen molar-refractivity contribution in [3.8, 4) is 0 Å². The van der Waals surface area contributed by atoms with Gasteiger partial charge in [-0.05, 0) is 26.2 Å². The van der Waals surface area contributed by atoms with Crippen molar-refractivity contribution in [2.75, 3.05) is 6.54 Å². The lowest BCUT2D eigenvalue weighted by molar-refractivity contribution is -0.137.